The number of nitrogens with zero attached hydrogens (tertiary/aromatic N) is 2. The number of hydrogen-bond acceptors (Lipinski definition) is 6. The van der Waals surface area contributed by atoms with Crippen LogP contribution in [-0.2, 0) is 21.0 Å². The van der Waals surface area contributed by atoms with Gasteiger partial charge in [0.25, 0.3) is 0 Å². The van der Waals surface area contributed by atoms with E-state index in [2.05, 4.69) is 29.1 Å². The van der Waals surface area contributed by atoms with Crippen molar-refractivity contribution in [3.8, 4) is 11.5 Å². The lowest BCUT2D eigenvalue weighted by atomic mass is 10.0. The average molecular weight is 546 g/mol. The zero-order valence-electron chi connectivity index (χ0n) is 23.2. The maximum Gasteiger partial charge on any atom is 0.408 e. The molecule has 1 amide bonds. The molecule has 0 radical (unpaired) electrons. The molecule has 0 aliphatic rings. The van der Waals surface area contributed by atoms with Crippen LogP contribution in [0, 0.1) is 6.92 Å². The van der Waals surface area contributed by atoms with Crippen molar-refractivity contribution < 1.29 is 28.9 Å². The number of hydrogen-bond donors (Lipinski definition) is 2. The van der Waals surface area contributed by atoms with Gasteiger partial charge in [-0.1, -0.05) is 12.1 Å². The topological polar surface area (TPSA) is 112 Å². The second-order valence-electron chi connectivity index (χ2n) is 11.1. The second-order valence-corrected chi connectivity index (χ2v) is 15.7. The van der Waals surface area contributed by atoms with Crippen LogP contribution in [0.2, 0.25) is 0 Å². The largest absolute Gasteiger partial charge is 0.481 e. The van der Waals surface area contributed by atoms with Crippen molar-refractivity contribution in [3.63, 3.8) is 0 Å². The van der Waals surface area contributed by atoms with Crippen LogP contribution < -0.4 is 10.1 Å². The fourth-order valence-electron chi connectivity index (χ4n) is 3.81. The highest BCUT2D eigenvalue weighted by Crippen LogP contribution is 2.34. The summed E-state index contributed by atoms with van der Waals surface area (Å²) < 4.78 is 19.4. The van der Waals surface area contributed by atoms with Crippen molar-refractivity contribution >= 4 is 33.1 Å². The molecule has 1 atom stereocenters. The fourth-order valence-corrected chi connectivity index (χ4v) is 4.43. The van der Waals surface area contributed by atoms with Crippen LogP contribution >= 0.6 is 10.0 Å². The Labute approximate surface area is 225 Å². The van der Waals surface area contributed by atoms with E-state index < -0.39 is 33.7 Å². The number of aryl methyl sites for hydroxylation is 1. The third-order valence-electron chi connectivity index (χ3n) is 5.56. The van der Waals surface area contributed by atoms with E-state index in [4.69, 9.17) is 14.2 Å². The lowest BCUT2D eigenvalue weighted by Gasteiger charge is -2.24. The van der Waals surface area contributed by atoms with Gasteiger partial charge in [0.2, 0.25) is 0 Å². The van der Waals surface area contributed by atoms with Gasteiger partial charge in [-0.15, -0.1) is 0 Å². The molecule has 0 saturated heterocycles. The summed E-state index contributed by atoms with van der Waals surface area (Å²) in [5.74, 6) is 1.24. The molecule has 2 aromatic heterocycles. The lowest BCUT2D eigenvalue weighted by Crippen LogP contribution is -2.35. The Morgan fingerprint density at radius 1 is 1.13 bits per heavy atom. The molecule has 0 spiro atoms. The third kappa shape index (κ3) is 8.66. The Kier molecular flexibility index (Phi) is 9.32. The normalized spacial score (nSPS) is 13.2. The number of aliphatic carboxylic acids is 1. The minimum Gasteiger partial charge on any atom is -0.481 e. The minimum absolute atomic E-state index is 0.281. The molecule has 0 aliphatic heterocycles. The number of amides is 1. The van der Waals surface area contributed by atoms with Crippen molar-refractivity contribution in [2.24, 2.45) is 0 Å². The molecule has 9 nitrogen and oxygen atoms in total. The molecule has 0 bridgehead atoms. The summed E-state index contributed by atoms with van der Waals surface area (Å²) >= 11 is 0. The highest BCUT2D eigenvalue weighted by atomic mass is 32.3. The first-order chi connectivity index (χ1) is 17.7. The number of aromatic nitrogens is 2. The molecule has 0 saturated carbocycles. The molecule has 0 fully saturated rings. The number of alkyl carbamates (subject to hydrolysis) is 1. The number of carboxylic acids is 1. The number of fused-ring (bicyclic) bond motifs is 1. The average Bonchev–Trinajstić information content (AvgIpc) is 3.11. The van der Waals surface area contributed by atoms with Gasteiger partial charge in [0.1, 0.15) is 29.5 Å². The SMILES string of the molecule is Cc1cn(COCCS(C)(C)C)c2nccc(Oc3ccc(C(CC(=O)O)NC(=O)OC(C)(C)C)cc3)c12. The molecular formula is C28H39N3O6S. The zero-order chi connectivity index (χ0) is 28.1. The predicted molar refractivity (Wildman–Crippen MR) is 152 cm³/mol. The maximum atomic E-state index is 12.3. The number of nitrogens with one attached hydrogen (secondary N) is 1. The molecule has 1 unspecified atom stereocenters. The first-order valence-corrected chi connectivity index (χ1v) is 15.4. The van der Waals surface area contributed by atoms with Crippen molar-refractivity contribution in [2.75, 3.05) is 31.1 Å². The molecule has 2 N–H and O–H groups in total. The second kappa shape index (κ2) is 12.1. The van der Waals surface area contributed by atoms with Gasteiger partial charge >= 0.3 is 12.1 Å². The van der Waals surface area contributed by atoms with Crippen LogP contribution in [0.15, 0.2) is 42.7 Å². The van der Waals surface area contributed by atoms with Gasteiger partial charge in [-0.25, -0.2) is 19.8 Å². The molecule has 0 aliphatic carbocycles. The molecule has 208 valence electrons. The van der Waals surface area contributed by atoms with Gasteiger partial charge in [-0.2, -0.15) is 0 Å². The Morgan fingerprint density at radius 3 is 2.42 bits per heavy atom. The maximum absolute atomic E-state index is 12.3. The van der Waals surface area contributed by atoms with Crippen molar-refractivity contribution in [2.45, 2.75) is 52.5 Å². The Morgan fingerprint density at radius 2 is 1.82 bits per heavy atom. The van der Waals surface area contributed by atoms with E-state index >= 15 is 0 Å². The Balaban J connectivity index is 1.75. The van der Waals surface area contributed by atoms with Crippen molar-refractivity contribution in [1.82, 2.24) is 14.9 Å². The van der Waals surface area contributed by atoms with Crippen LogP contribution in [0.25, 0.3) is 11.0 Å². The highest BCUT2D eigenvalue weighted by molar-refractivity contribution is 8.32. The standard InChI is InChI=1S/C28H39N3O6S/c1-19-17-31(18-35-14-15-38(5,6)7)26-25(19)23(12-13-29-26)36-21-10-8-20(9-11-21)22(16-24(32)33)30-27(34)37-28(2,3)4/h8-13,17,22H,14-16,18H2,1-7H3,(H,30,34)(H,32,33). The summed E-state index contributed by atoms with van der Waals surface area (Å²) in [6, 6.07) is 8.04. The van der Waals surface area contributed by atoms with Crippen LogP contribution in [0.4, 0.5) is 4.79 Å². The smallest absolute Gasteiger partial charge is 0.408 e. The van der Waals surface area contributed by atoms with Crippen molar-refractivity contribution in [3.05, 3.63) is 53.9 Å². The summed E-state index contributed by atoms with van der Waals surface area (Å²) in [4.78, 5) is 28.2. The molecule has 3 aromatic rings. The number of benzene rings is 1. The highest BCUT2D eigenvalue weighted by Gasteiger charge is 2.23. The molecule has 38 heavy (non-hydrogen) atoms. The third-order valence-corrected chi connectivity index (χ3v) is 6.95. The summed E-state index contributed by atoms with van der Waals surface area (Å²) in [5.41, 5.74) is 1.74. The predicted octanol–water partition coefficient (Wildman–Crippen LogP) is 5.85. The number of carbonyl (C=O) groups is 2. The summed E-state index contributed by atoms with van der Waals surface area (Å²) in [6.45, 7) is 8.37. The summed E-state index contributed by atoms with van der Waals surface area (Å²) in [6.07, 6.45) is 9.57. The number of ether oxygens (including phenoxy) is 3. The van der Waals surface area contributed by atoms with Gasteiger partial charge < -0.3 is 29.2 Å². The van der Waals surface area contributed by atoms with E-state index in [1.807, 2.05) is 23.8 Å². The number of carboxylic acid groups (broad SMARTS) is 1. The van der Waals surface area contributed by atoms with Crippen molar-refractivity contribution in [1.29, 1.82) is 0 Å². The first kappa shape index (κ1) is 29.3. The minimum atomic E-state index is -1.03. The Hall–Kier alpha value is -3.24. The van der Waals surface area contributed by atoms with Crippen LogP contribution in [0.5, 0.6) is 11.5 Å². The van der Waals surface area contributed by atoms with Gasteiger partial charge in [-0.05, 0) is 75.8 Å². The quantitative estimate of drug-likeness (QED) is 0.291. The number of rotatable bonds is 11. The van der Waals surface area contributed by atoms with E-state index in [0.717, 1.165) is 22.3 Å². The van der Waals surface area contributed by atoms with E-state index in [-0.39, 0.29) is 6.42 Å². The number of carbonyl (C=O) groups excluding carboxylic acids is 1. The summed E-state index contributed by atoms with van der Waals surface area (Å²) in [7, 11) is -0.611. The Bertz CT molecular complexity index is 1260. The van der Waals surface area contributed by atoms with E-state index in [0.29, 0.717) is 30.4 Å². The molecule has 1 aromatic carbocycles. The fraction of sp³-hybridized carbons (Fsp3) is 0.464. The van der Waals surface area contributed by atoms with Gasteiger partial charge in [0.05, 0.1) is 24.5 Å². The monoisotopic (exact) mass is 545 g/mol. The van der Waals surface area contributed by atoms with E-state index in [1.54, 1.807) is 51.2 Å². The molecular weight excluding hydrogens is 506 g/mol. The van der Waals surface area contributed by atoms with Gasteiger partial charge in [0, 0.05) is 18.1 Å². The van der Waals surface area contributed by atoms with Crippen LogP contribution in [-0.4, -0.2) is 63.4 Å². The first-order valence-electron chi connectivity index (χ1n) is 12.4. The van der Waals surface area contributed by atoms with Crippen LogP contribution in [0.1, 0.15) is 44.4 Å². The van der Waals surface area contributed by atoms with Gasteiger partial charge in [0.15, 0.2) is 0 Å². The lowest BCUT2D eigenvalue weighted by molar-refractivity contribution is -0.137. The van der Waals surface area contributed by atoms with E-state index in [9.17, 15) is 14.7 Å². The summed E-state index contributed by atoms with van der Waals surface area (Å²) in [5, 5.41) is 12.9. The number of pyridine rings is 1. The molecule has 2 heterocycles. The van der Waals surface area contributed by atoms with Crippen LogP contribution in [0.3, 0.4) is 0 Å². The zero-order valence-corrected chi connectivity index (χ0v) is 24.1. The molecule has 3 rings (SSSR count). The van der Waals surface area contributed by atoms with E-state index in [1.165, 1.54) is 0 Å². The van der Waals surface area contributed by atoms with Gasteiger partial charge in [-0.3, -0.25) is 4.79 Å². The molecule has 10 heteroatoms.